The first-order valence-corrected chi connectivity index (χ1v) is 11.1. The smallest absolute Gasteiger partial charge is 0.357 e. The van der Waals surface area contributed by atoms with Gasteiger partial charge in [-0.3, -0.25) is 10.1 Å². The molecule has 0 saturated heterocycles. The van der Waals surface area contributed by atoms with Crippen LogP contribution in [0.15, 0.2) is 72.8 Å². The summed E-state index contributed by atoms with van der Waals surface area (Å²) in [5.41, 5.74) is 2.76. The third kappa shape index (κ3) is 4.94. The predicted octanol–water partition coefficient (Wildman–Crippen LogP) is -1.01. The Hall–Kier alpha value is -1.77. The van der Waals surface area contributed by atoms with Crippen molar-refractivity contribution >= 4 is 32.6 Å². The topological polar surface area (TPSA) is 42.0 Å². The largest absolute Gasteiger partial charge is 1.00 e. The molecule has 0 spiro atoms. The maximum absolute atomic E-state index is 12.5. The van der Waals surface area contributed by atoms with Gasteiger partial charge in [0.2, 0.25) is 0 Å². The van der Waals surface area contributed by atoms with Crippen molar-refractivity contribution in [1.29, 1.82) is 0 Å². The molecule has 0 bridgehead atoms. The lowest BCUT2D eigenvalue weighted by molar-refractivity contribution is -0.597. The number of aromatic nitrogens is 1. The monoisotopic (exact) mass is 550 g/mol. The molecule has 3 nitrogen and oxygen atoms in total. The molecule has 3 aromatic carbocycles. The number of halogens is 2. The predicted molar refractivity (Wildman–Crippen MR) is 103 cm³/mol. The van der Waals surface area contributed by atoms with Gasteiger partial charge in [0, 0.05) is 5.56 Å². The molecule has 0 aliphatic heterocycles. The summed E-state index contributed by atoms with van der Waals surface area (Å²) in [6.07, 6.45) is 0. The van der Waals surface area contributed by atoms with Crippen LogP contribution in [0.5, 0.6) is 0 Å². The van der Waals surface area contributed by atoms with Crippen molar-refractivity contribution in [1.82, 2.24) is 4.98 Å². The number of thiazole rings is 1. The van der Waals surface area contributed by atoms with E-state index in [2.05, 4.69) is 59.7 Å². The minimum absolute atomic E-state index is 0. The van der Waals surface area contributed by atoms with E-state index in [0.717, 1.165) is 10.2 Å². The van der Waals surface area contributed by atoms with E-state index in [9.17, 15) is 4.79 Å². The van der Waals surface area contributed by atoms with Gasteiger partial charge in [0.25, 0.3) is 5.91 Å². The zero-order chi connectivity index (χ0) is 17.9. The lowest BCUT2D eigenvalue weighted by Gasteiger charge is -2.00. The van der Waals surface area contributed by atoms with E-state index < -0.39 is 0 Å². The van der Waals surface area contributed by atoms with E-state index >= 15 is 0 Å². The summed E-state index contributed by atoms with van der Waals surface area (Å²) in [5.74, 6) is -0.120. The fraction of sp³-hybridized carbons (Fsp3) is 0.0476. The van der Waals surface area contributed by atoms with Gasteiger partial charge in [0.15, 0.2) is 12.3 Å². The molecular formula is C21H16BrIN2OS. The van der Waals surface area contributed by atoms with Crippen LogP contribution in [0.3, 0.4) is 0 Å². The summed E-state index contributed by atoms with van der Waals surface area (Å²) in [4.78, 5) is 17.0. The Kier molecular flexibility index (Phi) is 6.62. The van der Waals surface area contributed by atoms with Crippen LogP contribution in [0.1, 0.15) is 15.9 Å². The second-order valence-corrected chi connectivity index (χ2v) is 9.90. The number of aryl methyl sites for hydroxylation is 1. The standard InChI is InChI=1S/C21H15IN2OS.BrH/c1-14-7-12-18-19(13-14)26-21(23-18)24-20(25)15-8-10-17(11-9-15)22-16-5-3-2-4-6-16;/h2-13H,1H3;1H. The molecule has 4 rings (SSSR count). The average molecular weight is 551 g/mol. The summed E-state index contributed by atoms with van der Waals surface area (Å²) < 4.78 is 3.75. The normalized spacial score (nSPS) is 10.4. The van der Waals surface area contributed by atoms with Crippen molar-refractivity contribution in [3.8, 4) is 0 Å². The molecule has 1 heterocycles. The summed E-state index contributed by atoms with van der Waals surface area (Å²) in [5, 5.41) is 3.55. The number of rotatable bonds is 4. The van der Waals surface area contributed by atoms with Crippen molar-refractivity contribution < 1.29 is 43.0 Å². The fourth-order valence-electron chi connectivity index (χ4n) is 2.52. The highest BCUT2D eigenvalue weighted by atomic mass is 127. The van der Waals surface area contributed by atoms with Crippen LogP contribution >= 0.6 is 11.3 Å². The van der Waals surface area contributed by atoms with Gasteiger partial charge in [0.05, 0.1) is 10.2 Å². The molecule has 4 aromatic rings. The van der Waals surface area contributed by atoms with Crippen LogP contribution in [0.4, 0.5) is 5.13 Å². The van der Waals surface area contributed by atoms with Crippen molar-refractivity contribution in [2.24, 2.45) is 0 Å². The van der Waals surface area contributed by atoms with E-state index in [1.165, 1.54) is 24.0 Å². The number of fused-ring (bicyclic) bond motifs is 1. The minimum Gasteiger partial charge on any atom is -1.00 e. The number of carbonyl (C=O) groups is 1. The van der Waals surface area contributed by atoms with Gasteiger partial charge in [-0.25, -0.2) is 4.98 Å². The van der Waals surface area contributed by atoms with E-state index in [1.807, 2.05) is 30.3 Å². The molecule has 136 valence electrons. The number of anilines is 1. The Morgan fingerprint density at radius 2 is 1.67 bits per heavy atom. The van der Waals surface area contributed by atoms with Crippen LogP contribution in [0, 0.1) is 14.1 Å². The van der Waals surface area contributed by atoms with Gasteiger partial charge < -0.3 is 17.0 Å². The molecule has 1 N–H and O–H groups in total. The summed E-state index contributed by atoms with van der Waals surface area (Å²) in [7, 11) is 0. The van der Waals surface area contributed by atoms with E-state index in [-0.39, 0.29) is 44.1 Å². The molecule has 0 fully saturated rings. The van der Waals surface area contributed by atoms with Crippen LogP contribution < -0.4 is 43.5 Å². The summed E-state index contributed by atoms with van der Waals surface area (Å²) in [6, 6.07) is 24.5. The van der Waals surface area contributed by atoms with Crippen LogP contribution in [0.2, 0.25) is 0 Å². The number of nitrogens with zero attached hydrogens (tertiary/aromatic N) is 1. The number of hydrogen-bond acceptors (Lipinski definition) is 3. The second-order valence-electron chi connectivity index (χ2n) is 5.84. The molecule has 27 heavy (non-hydrogen) atoms. The lowest BCUT2D eigenvalue weighted by Crippen LogP contribution is -3.61. The molecule has 0 atom stereocenters. The SMILES string of the molecule is Cc1ccc2nc(NC(=O)c3ccc([I+]c4ccccc4)cc3)sc2c1.[Br-]. The molecule has 1 amide bonds. The maximum atomic E-state index is 12.5. The highest BCUT2D eigenvalue weighted by Crippen LogP contribution is 2.26. The number of nitrogens with one attached hydrogen (secondary N) is 1. The minimum atomic E-state index is -0.212. The van der Waals surface area contributed by atoms with Gasteiger partial charge in [-0.15, -0.1) is 0 Å². The Balaban J connectivity index is 0.00000210. The maximum Gasteiger partial charge on any atom is 0.357 e. The van der Waals surface area contributed by atoms with Gasteiger partial charge in [-0.05, 0) is 61.0 Å². The van der Waals surface area contributed by atoms with Crippen molar-refractivity contribution in [3.05, 3.63) is 91.1 Å². The Morgan fingerprint density at radius 1 is 0.963 bits per heavy atom. The number of hydrogen-bond donors (Lipinski definition) is 1. The lowest BCUT2D eigenvalue weighted by atomic mass is 10.2. The Morgan fingerprint density at radius 3 is 2.41 bits per heavy atom. The van der Waals surface area contributed by atoms with Gasteiger partial charge >= 0.3 is 21.2 Å². The number of carbonyl (C=O) groups excluding carboxylic acids is 1. The Bertz CT molecular complexity index is 1060. The molecule has 1 aromatic heterocycles. The van der Waals surface area contributed by atoms with Gasteiger partial charge in [-0.2, -0.15) is 0 Å². The van der Waals surface area contributed by atoms with E-state index in [4.69, 9.17) is 0 Å². The fourth-order valence-corrected chi connectivity index (χ4v) is 5.69. The van der Waals surface area contributed by atoms with Crippen LogP contribution in [0.25, 0.3) is 10.2 Å². The zero-order valence-corrected chi connectivity index (χ0v) is 19.0. The van der Waals surface area contributed by atoms with E-state index in [0.29, 0.717) is 10.7 Å². The molecular weight excluding hydrogens is 535 g/mol. The van der Waals surface area contributed by atoms with Gasteiger partial charge in [0.1, 0.15) is 0 Å². The third-order valence-corrected chi connectivity index (χ3v) is 7.44. The molecule has 0 saturated carbocycles. The van der Waals surface area contributed by atoms with Crippen molar-refractivity contribution in [2.45, 2.75) is 6.92 Å². The van der Waals surface area contributed by atoms with Crippen molar-refractivity contribution in [3.63, 3.8) is 0 Å². The second kappa shape index (κ2) is 8.95. The first-order chi connectivity index (χ1) is 12.7. The number of amides is 1. The molecule has 0 aliphatic carbocycles. The molecule has 0 unspecified atom stereocenters. The third-order valence-electron chi connectivity index (χ3n) is 3.82. The number of benzene rings is 3. The average Bonchev–Trinajstić information content (AvgIpc) is 3.04. The molecule has 6 heteroatoms. The summed E-state index contributed by atoms with van der Waals surface area (Å²) >= 11 is 1.29. The highest BCUT2D eigenvalue weighted by molar-refractivity contribution is 7.22. The zero-order valence-electron chi connectivity index (χ0n) is 14.4. The molecule has 0 radical (unpaired) electrons. The van der Waals surface area contributed by atoms with Crippen LogP contribution in [-0.2, 0) is 0 Å². The quantitative estimate of drug-likeness (QED) is 0.331. The highest BCUT2D eigenvalue weighted by Gasteiger charge is 2.16. The molecule has 0 aliphatic rings. The van der Waals surface area contributed by atoms with Crippen molar-refractivity contribution in [2.75, 3.05) is 5.32 Å². The Labute approximate surface area is 182 Å². The van der Waals surface area contributed by atoms with Crippen LogP contribution in [-0.4, -0.2) is 10.9 Å². The van der Waals surface area contributed by atoms with E-state index in [1.54, 1.807) is 0 Å². The first-order valence-electron chi connectivity index (χ1n) is 8.16. The first kappa shape index (κ1) is 20.0. The van der Waals surface area contributed by atoms with Gasteiger partial charge in [-0.1, -0.05) is 35.6 Å². The summed E-state index contributed by atoms with van der Waals surface area (Å²) in [6.45, 7) is 2.05.